The van der Waals surface area contributed by atoms with Gasteiger partial charge in [-0.15, -0.1) is 0 Å². The molecular formula is C14H22N2O. The second-order valence-electron chi connectivity index (χ2n) is 5.88. The molecular weight excluding hydrogens is 212 g/mol. The molecule has 2 aliphatic carbocycles. The summed E-state index contributed by atoms with van der Waals surface area (Å²) in [4.78, 5) is 11.7. The van der Waals surface area contributed by atoms with Gasteiger partial charge < -0.3 is 5.32 Å². The lowest BCUT2D eigenvalue weighted by Crippen LogP contribution is -2.33. The topological polar surface area (TPSA) is 52.9 Å². The van der Waals surface area contributed by atoms with Crippen molar-refractivity contribution in [2.75, 3.05) is 6.54 Å². The summed E-state index contributed by atoms with van der Waals surface area (Å²) in [5.74, 6) is 1.58. The quantitative estimate of drug-likeness (QED) is 0.813. The van der Waals surface area contributed by atoms with Gasteiger partial charge >= 0.3 is 0 Å². The number of carbonyl (C=O) groups is 1. The number of hydrogen-bond donors (Lipinski definition) is 1. The zero-order valence-electron chi connectivity index (χ0n) is 10.7. The molecule has 0 aromatic carbocycles. The molecule has 1 amide bonds. The Balaban J connectivity index is 1.66. The summed E-state index contributed by atoms with van der Waals surface area (Å²) in [6.45, 7) is 3.07. The van der Waals surface area contributed by atoms with Crippen LogP contribution in [0.4, 0.5) is 0 Å². The number of hydrogen-bond acceptors (Lipinski definition) is 2. The molecule has 2 atom stereocenters. The van der Waals surface area contributed by atoms with Crippen LogP contribution in [-0.4, -0.2) is 12.5 Å². The van der Waals surface area contributed by atoms with Crippen LogP contribution in [-0.2, 0) is 4.79 Å². The predicted molar refractivity (Wildman–Crippen MR) is 66.0 cm³/mol. The first-order chi connectivity index (χ1) is 8.16. The summed E-state index contributed by atoms with van der Waals surface area (Å²) in [6, 6.07) is 2.14. The van der Waals surface area contributed by atoms with Crippen LogP contribution in [0.25, 0.3) is 0 Å². The summed E-state index contributed by atoms with van der Waals surface area (Å²) in [6.07, 6.45) is 7.88. The van der Waals surface area contributed by atoms with E-state index in [9.17, 15) is 4.79 Å². The second kappa shape index (κ2) is 5.08. The molecule has 3 nitrogen and oxygen atoms in total. The van der Waals surface area contributed by atoms with Crippen LogP contribution < -0.4 is 5.32 Å². The van der Waals surface area contributed by atoms with Gasteiger partial charge in [-0.2, -0.15) is 5.26 Å². The van der Waals surface area contributed by atoms with Crippen molar-refractivity contribution < 1.29 is 4.79 Å². The highest BCUT2D eigenvalue weighted by atomic mass is 16.2. The minimum atomic E-state index is -0.653. The molecule has 0 aromatic heterocycles. The van der Waals surface area contributed by atoms with Gasteiger partial charge in [0, 0.05) is 6.54 Å². The van der Waals surface area contributed by atoms with E-state index in [1.165, 1.54) is 25.7 Å². The highest BCUT2D eigenvalue weighted by Gasteiger charge is 2.50. The molecule has 2 saturated carbocycles. The second-order valence-corrected chi connectivity index (χ2v) is 5.88. The van der Waals surface area contributed by atoms with Crippen molar-refractivity contribution in [3.05, 3.63) is 0 Å². The molecule has 0 spiro atoms. The standard InChI is InChI=1S/C14H22N2O/c1-11-3-2-4-12(9-11)5-8-16-13(17)14(10-15)6-7-14/h11-12H,2-9H2,1H3,(H,16,17). The fraction of sp³-hybridized carbons (Fsp3) is 0.857. The Kier molecular flexibility index (Phi) is 3.71. The molecule has 3 heteroatoms. The number of nitrogens with one attached hydrogen (secondary N) is 1. The molecule has 0 heterocycles. The van der Waals surface area contributed by atoms with E-state index >= 15 is 0 Å². The van der Waals surface area contributed by atoms with Crippen LogP contribution in [0, 0.1) is 28.6 Å². The van der Waals surface area contributed by atoms with Crippen LogP contribution in [0.3, 0.4) is 0 Å². The average Bonchev–Trinajstić information content (AvgIpc) is 3.10. The lowest BCUT2D eigenvalue weighted by atomic mass is 9.81. The maximum absolute atomic E-state index is 11.7. The number of nitriles is 1. The van der Waals surface area contributed by atoms with Gasteiger partial charge in [-0.1, -0.05) is 26.2 Å². The van der Waals surface area contributed by atoms with Gasteiger partial charge in [0.15, 0.2) is 0 Å². The summed E-state index contributed by atoms with van der Waals surface area (Å²) in [5, 5.41) is 11.8. The Morgan fingerprint density at radius 2 is 2.24 bits per heavy atom. The molecule has 2 rings (SSSR count). The van der Waals surface area contributed by atoms with Crippen molar-refractivity contribution in [3.8, 4) is 6.07 Å². The van der Waals surface area contributed by atoms with Gasteiger partial charge in [-0.3, -0.25) is 4.79 Å². The van der Waals surface area contributed by atoms with E-state index in [0.29, 0.717) is 0 Å². The summed E-state index contributed by atoms with van der Waals surface area (Å²) < 4.78 is 0. The van der Waals surface area contributed by atoms with E-state index < -0.39 is 5.41 Å². The van der Waals surface area contributed by atoms with E-state index in [4.69, 9.17) is 5.26 Å². The van der Waals surface area contributed by atoms with Gasteiger partial charge in [0.2, 0.25) is 5.91 Å². The van der Waals surface area contributed by atoms with Gasteiger partial charge in [0.25, 0.3) is 0 Å². The molecule has 0 aromatic rings. The number of carbonyl (C=O) groups excluding carboxylic acids is 1. The molecule has 0 radical (unpaired) electrons. The lowest BCUT2D eigenvalue weighted by molar-refractivity contribution is -0.124. The van der Waals surface area contributed by atoms with Crippen molar-refractivity contribution in [3.63, 3.8) is 0 Å². The first-order valence-corrected chi connectivity index (χ1v) is 6.86. The van der Waals surface area contributed by atoms with Crippen molar-refractivity contribution in [1.82, 2.24) is 5.32 Å². The smallest absolute Gasteiger partial charge is 0.240 e. The number of nitrogens with zero attached hydrogens (tertiary/aromatic N) is 1. The molecule has 0 bridgehead atoms. The summed E-state index contributed by atoms with van der Waals surface area (Å²) in [5.41, 5.74) is -0.653. The van der Waals surface area contributed by atoms with Gasteiger partial charge in [-0.25, -0.2) is 0 Å². The minimum absolute atomic E-state index is 0.0381. The van der Waals surface area contributed by atoms with Crippen molar-refractivity contribution in [2.24, 2.45) is 17.3 Å². The predicted octanol–water partition coefficient (Wildman–Crippen LogP) is 2.62. The third-order valence-electron chi connectivity index (χ3n) is 4.28. The molecule has 1 N–H and O–H groups in total. The fourth-order valence-electron chi connectivity index (χ4n) is 2.90. The third-order valence-corrected chi connectivity index (χ3v) is 4.28. The van der Waals surface area contributed by atoms with E-state index in [0.717, 1.165) is 37.6 Å². The molecule has 0 saturated heterocycles. The monoisotopic (exact) mass is 234 g/mol. The maximum Gasteiger partial charge on any atom is 0.240 e. The lowest BCUT2D eigenvalue weighted by Gasteiger charge is -2.26. The van der Waals surface area contributed by atoms with E-state index in [2.05, 4.69) is 18.3 Å². The van der Waals surface area contributed by atoms with Crippen LogP contribution >= 0.6 is 0 Å². The number of rotatable bonds is 4. The van der Waals surface area contributed by atoms with Crippen LogP contribution in [0.15, 0.2) is 0 Å². The van der Waals surface area contributed by atoms with Gasteiger partial charge in [0.1, 0.15) is 5.41 Å². The molecule has 17 heavy (non-hydrogen) atoms. The van der Waals surface area contributed by atoms with Crippen molar-refractivity contribution in [1.29, 1.82) is 5.26 Å². The Morgan fingerprint density at radius 1 is 1.47 bits per heavy atom. The van der Waals surface area contributed by atoms with E-state index in [1.54, 1.807) is 0 Å². The zero-order chi connectivity index (χ0) is 12.3. The normalized spacial score (nSPS) is 30.4. The summed E-state index contributed by atoms with van der Waals surface area (Å²) >= 11 is 0. The van der Waals surface area contributed by atoms with Crippen LogP contribution in [0.1, 0.15) is 51.9 Å². The minimum Gasteiger partial charge on any atom is -0.355 e. The van der Waals surface area contributed by atoms with Gasteiger partial charge in [0.05, 0.1) is 6.07 Å². The largest absolute Gasteiger partial charge is 0.355 e. The Bertz CT molecular complexity index is 328. The molecule has 0 aliphatic heterocycles. The SMILES string of the molecule is CC1CCCC(CCNC(=O)C2(C#N)CC2)C1. The van der Waals surface area contributed by atoms with Gasteiger partial charge in [-0.05, 0) is 37.5 Å². The van der Waals surface area contributed by atoms with Crippen LogP contribution in [0.5, 0.6) is 0 Å². The average molecular weight is 234 g/mol. The molecule has 94 valence electrons. The molecule has 2 fully saturated rings. The Morgan fingerprint density at radius 3 is 2.82 bits per heavy atom. The Labute approximate surface area is 104 Å². The maximum atomic E-state index is 11.7. The van der Waals surface area contributed by atoms with Crippen molar-refractivity contribution in [2.45, 2.75) is 51.9 Å². The van der Waals surface area contributed by atoms with Crippen LogP contribution in [0.2, 0.25) is 0 Å². The highest BCUT2D eigenvalue weighted by Crippen LogP contribution is 2.45. The van der Waals surface area contributed by atoms with Crippen molar-refractivity contribution >= 4 is 5.91 Å². The third kappa shape index (κ3) is 3.00. The van der Waals surface area contributed by atoms with E-state index in [1.807, 2.05) is 0 Å². The first-order valence-electron chi connectivity index (χ1n) is 6.86. The fourth-order valence-corrected chi connectivity index (χ4v) is 2.90. The molecule has 2 aliphatic rings. The number of amides is 1. The first kappa shape index (κ1) is 12.4. The Hall–Kier alpha value is -1.04. The molecule has 2 unspecified atom stereocenters. The van der Waals surface area contributed by atoms with E-state index in [-0.39, 0.29) is 5.91 Å². The zero-order valence-corrected chi connectivity index (χ0v) is 10.7. The highest BCUT2D eigenvalue weighted by molar-refractivity contribution is 5.88. The summed E-state index contributed by atoms with van der Waals surface area (Å²) in [7, 11) is 0.